The standard InChI is InChI=1S/C19H24N2O5S.C2H2O4/c1-25-17-12-15(13-18(26-2)19(17)22)14-20-8-10-21(11-9-20)27(23,24)16-6-4-3-5-7-16;3-1(4)2(5)6/h3-7,12-13,22H,8-11,14H2,1-2H3;(H,3,4)(H,5,6). The number of carboxylic acid groups (broad SMARTS) is 2. The van der Waals surface area contributed by atoms with E-state index in [1.807, 2.05) is 0 Å². The molecule has 12 heteroatoms. The third-order valence-electron chi connectivity index (χ3n) is 4.84. The molecule has 0 amide bonds. The average molecular weight is 483 g/mol. The molecular formula is C21H26N2O9S. The van der Waals surface area contributed by atoms with Gasteiger partial charge < -0.3 is 24.8 Å². The number of hydrogen-bond acceptors (Lipinski definition) is 8. The highest BCUT2D eigenvalue weighted by molar-refractivity contribution is 7.89. The minimum absolute atomic E-state index is 0.0254. The highest BCUT2D eigenvalue weighted by Gasteiger charge is 2.28. The van der Waals surface area contributed by atoms with E-state index < -0.39 is 22.0 Å². The maximum atomic E-state index is 12.7. The third kappa shape index (κ3) is 6.81. The van der Waals surface area contributed by atoms with Gasteiger partial charge in [-0.2, -0.15) is 4.31 Å². The van der Waals surface area contributed by atoms with Crippen LogP contribution < -0.4 is 9.47 Å². The second kappa shape index (κ2) is 11.5. The molecule has 1 heterocycles. The molecule has 0 spiro atoms. The number of carboxylic acids is 2. The number of sulfonamides is 1. The number of nitrogens with zero attached hydrogens (tertiary/aromatic N) is 2. The topological polar surface area (TPSA) is 154 Å². The van der Waals surface area contributed by atoms with Crippen LogP contribution in [0.1, 0.15) is 5.56 Å². The molecule has 1 fully saturated rings. The fourth-order valence-corrected chi connectivity index (χ4v) is 4.61. The van der Waals surface area contributed by atoms with Gasteiger partial charge in [0, 0.05) is 32.7 Å². The Morgan fingerprint density at radius 3 is 1.82 bits per heavy atom. The number of ether oxygens (including phenoxy) is 2. The Kier molecular flexibility index (Phi) is 9.02. The predicted octanol–water partition coefficient (Wildman–Crippen LogP) is 1.07. The van der Waals surface area contributed by atoms with Crippen molar-refractivity contribution in [3.05, 3.63) is 48.0 Å². The molecule has 1 saturated heterocycles. The molecule has 0 aliphatic carbocycles. The first kappa shape index (κ1) is 25.9. The number of piperazine rings is 1. The largest absolute Gasteiger partial charge is 0.502 e. The van der Waals surface area contributed by atoms with Crippen LogP contribution in [0.25, 0.3) is 0 Å². The molecule has 2 aromatic carbocycles. The first-order valence-corrected chi connectivity index (χ1v) is 11.2. The van der Waals surface area contributed by atoms with E-state index in [9.17, 15) is 13.5 Å². The van der Waals surface area contributed by atoms with E-state index in [4.69, 9.17) is 29.3 Å². The maximum Gasteiger partial charge on any atom is 0.414 e. The highest BCUT2D eigenvalue weighted by Crippen LogP contribution is 2.37. The fourth-order valence-electron chi connectivity index (χ4n) is 3.17. The molecule has 2 aromatic rings. The van der Waals surface area contributed by atoms with E-state index in [0.29, 0.717) is 49.1 Å². The summed E-state index contributed by atoms with van der Waals surface area (Å²) >= 11 is 0. The lowest BCUT2D eigenvalue weighted by molar-refractivity contribution is -0.159. The molecule has 3 rings (SSSR count). The summed E-state index contributed by atoms with van der Waals surface area (Å²) in [6, 6.07) is 12.0. The van der Waals surface area contributed by atoms with Crippen molar-refractivity contribution in [1.82, 2.24) is 9.21 Å². The molecular weight excluding hydrogens is 456 g/mol. The second-order valence-electron chi connectivity index (χ2n) is 6.95. The minimum atomic E-state index is -3.45. The van der Waals surface area contributed by atoms with Crippen molar-refractivity contribution in [2.24, 2.45) is 0 Å². The highest BCUT2D eigenvalue weighted by atomic mass is 32.2. The summed E-state index contributed by atoms with van der Waals surface area (Å²) in [7, 11) is -0.469. The number of carbonyl (C=O) groups is 2. The van der Waals surface area contributed by atoms with Crippen molar-refractivity contribution in [1.29, 1.82) is 0 Å². The van der Waals surface area contributed by atoms with Crippen LogP contribution >= 0.6 is 0 Å². The summed E-state index contributed by atoms with van der Waals surface area (Å²) in [6.07, 6.45) is 0. The van der Waals surface area contributed by atoms with Crippen molar-refractivity contribution in [3.63, 3.8) is 0 Å². The van der Waals surface area contributed by atoms with E-state index in [2.05, 4.69) is 4.90 Å². The zero-order chi connectivity index (χ0) is 24.6. The van der Waals surface area contributed by atoms with Gasteiger partial charge >= 0.3 is 11.9 Å². The van der Waals surface area contributed by atoms with Gasteiger partial charge in [0.05, 0.1) is 19.1 Å². The van der Waals surface area contributed by atoms with Crippen LogP contribution in [0, 0.1) is 0 Å². The van der Waals surface area contributed by atoms with E-state index in [-0.39, 0.29) is 5.75 Å². The number of aliphatic carboxylic acids is 2. The number of phenols is 1. The molecule has 0 aromatic heterocycles. The molecule has 1 aliphatic heterocycles. The Hall–Kier alpha value is -3.35. The molecule has 11 nitrogen and oxygen atoms in total. The Bertz CT molecular complexity index is 1030. The third-order valence-corrected chi connectivity index (χ3v) is 6.75. The lowest BCUT2D eigenvalue weighted by Crippen LogP contribution is -2.48. The maximum absolute atomic E-state index is 12.7. The molecule has 0 unspecified atom stereocenters. The van der Waals surface area contributed by atoms with Crippen LogP contribution in [0.5, 0.6) is 17.2 Å². The van der Waals surface area contributed by atoms with Crippen molar-refractivity contribution in [3.8, 4) is 17.2 Å². The van der Waals surface area contributed by atoms with Gasteiger partial charge in [0.25, 0.3) is 0 Å². The molecule has 0 saturated carbocycles. The summed E-state index contributed by atoms with van der Waals surface area (Å²) in [5.41, 5.74) is 0.931. The Morgan fingerprint density at radius 1 is 0.909 bits per heavy atom. The summed E-state index contributed by atoms with van der Waals surface area (Å²) in [6.45, 7) is 2.73. The predicted molar refractivity (Wildman–Crippen MR) is 117 cm³/mol. The molecule has 3 N–H and O–H groups in total. The zero-order valence-corrected chi connectivity index (χ0v) is 19.0. The zero-order valence-electron chi connectivity index (χ0n) is 18.2. The van der Waals surface area contributed by atoms with E-state index in [1.165, 1.54) is 18.5 Å². The van der Waals surface area contributed by atoms with Gasteiger partial charge in [0.1, 0.15) is 0 Å². The number of methoxy groups -OCH3 is 2. The van der Waals surface area contributed by atoms with Crippen LogP contribution in [0.2, 0.25) is 0 Å². The van der Waals surface area contributed by atoms with Crippen molar-refractivity contribution >= 4 is 22.0 Å². The monoisotopic (exact) mass is 482 g/mol. The normalized spacial score (nSPS) is 14.6. The average Bonchev–Trinajstić information content (AvgIpc) is 2.81. The van der Waals surface area contributed by atoms with Crippen LogP contribution in [0.15, 0.2) is 47.4 Å². The number of rotatable bonds is 6. The summed E-state index contributed by atoms with van der Waals surface area (Å²) in [5, 5.41) is 24.8. The Morgan fingerprint density at radius 2 is 1.39 bits per heavy atom. The van der Waals surface area contributed by atoms with E-state index >= 15 is 0 Å². The number of aromatic hydroxyl groups is 1. The number of benzene rings is 2. The summed E-state index contributed by atoms with van der Waals surface area (Å²) in [5.74, 6) is -2.96. The minimum Gasteiger partial charge on any atom is -0.502 e. The van der Waals surface area contributed by atoms with Gasteiger partial charge in [0.2, 0.25) is 15.8 Å². The lowest BCUT2D eigenvalue weighted by atomic mass is 10.1. The Labute approximate surface area is 191 Å². The van der Waals surface area contributed by atoms with Gasteiger partial charge in [-0.25, -0.2) is 18.0 Å². The quantitative estimate of drug-likeness (QED) is 0.509. The van der Waals surface area contributed by atoms with Crippen LogP contribution in [-0.2, 0) is 26.2 Å². The number of hydrogen-bond donors (Lipinski definition) is 3. The molecule has 0 atom stereocenters. The first-order valence-electron chi connectivity index (χ1n) is 9.77. The second-order valence-corrected chi connectivity index (χ2v) is 8.89. The van der Waals surface area contributed by atoms with Gasteiger partial charge in [-0.15, -0.1) is 0 Å². The van der Waals surface area contributed by atoms with Crippen molar-refractivity contribution in [2.45, 2.75) is 11.4 Å². The SMILES string of the molecule is COc1cc(CN2CCN(S(=O)(=O)c3ccccc3)CC2)cc(OC)c1O.O=C(O)C(=O)O. The molecule has 33 heavy (non-hydrogen) atoms. The smallest absolute Gasteiger partial charge is 0.414 e. The van der Waals surface area contributed by atoms with Gasteiger partial charge in [0.15, 0.2) is 11.5 Å². The van der Waals surface area contributed by atoms with Crippen LogP contribution in [0.4, 0.5) is 0 Å². The lowest BCUT2D eigenvalue weighted by Gasteiger charge is -2.34. The summed E-state index contributed by atoms with van der Waals surface area (Å²) < 4.78 is 37.3. The fraction of sp³-hybridized carbons (Fsp3) is 0.333. The van der Waals surface area contributed by atoms with Crippen molar-refractivity contribution < 1.29 is 42.8 Å². The van der Waals surface area contributed by atoms with E-state index in [0.717, 1.165) is 5.56 Å². The molecule has 0 bridgehead atoms. The van der Waals surface area contributed by atoms with Gasteiger partial charge in [-0.05, 0) is 29.8 Å². The Balaban J connectivity index is 0.000000569. The number of phenolic OH excluding ortho intramolecular Hbond substituents is 1. The van der Waals surface area contributed by atoms with Gasteiger partial charge in [-0.3, -0.25) is 4.90 Å². The first-order chi connectivity index (χ1) is 15.6. The van der Waals surface area contributed by atoms with Crippen molar-refractivity contribution in [2.75, 3.05) is 40.4 Å². The van der Waals surface area contributed by atoms with Crippen LogP contribution in [0.3, 0.4) is 0 Å². The summed E-state index contributed by atoms with van der Waals surface area (Å²) in [4.78, 5) is 20.7. The van der Waals surface area contributed by atoms with Gasteiger partial charge in [-0.1, -0.05) is 18.2 Å². The molecule has 0 radical (unpaired) electrons. The van der Waals surface area contributed by atoms with Crippen LogP contribution in [-0.4, -0.2) is 85.3 Å². The van der Waals surface area contributed by atoms with E-state index in [1.54, 1.807) is 42.5 Å². The molecule has 180 valence electrons. The molecule has 1 aliphatic rings.